The molecule has 0 spiro atoms. The average molecular weight is 342 g/mol. The minimum atomic E-state index is -4.22. The van der Waals surface area contributed by atoms with E-state index in [1.807, 2.05) is 24.3 Å². The molecule has 0 amide bonds. The zero-order chi connectivity index (χ0) is 17.6. The summed E-state index contributed by atoms with van der Waals surface area (Å²) in [7, 11) is 1.61. The zero-order valence-corrected chi connectivity index (χ0v) is 14.3. The van der Waals surface area contributed by atoms with Crippen LogP contribution >= 0.6 is 0 Å². The summed E-state index contributed by atoms with van der Waals surface area (Å²) in [6, 6.07) is 7.57. The Morgan fingerprint density at radius 1 is 1.17 bits per heavy atom. The fourth-order valence-corrected chi connectivity index (χ4v) is 3.31. The van der Waals surface area contributed by atoms with Crippen LogP contribution in [-0.4, -0.2) is 19.9 Å². The maximum absolute atomic E-state index is 13.2. The van der Waals surface area contributed by atoms with Gasteiger partial charge < -0.3 is 9.47 Å². The van der Waals surface area contributed by atoms with Gasteiger partial charge in [0.1, 0.15) is 5.75 Å². The van der Waals surface area contributed by atoms with E-state index in [0.717, 1.165) is 17.7 Å². The van der Waals surface area contributed by atoms with Crippen molar-refractivity contribution in [2.75, 3.05) is 13.7 Å². The smallest absolute Gasteiger partial charge is 0.412 e. The molecular weight excluding hydrogens is 317 g/mol. The van der Waals surface area contributed by atoms with Crippen LogP contribution in [0.2, 0.25) is 0 Å². The summed E-state index contributed by atoms with van der Waals surface area (Å²) in [5.41, 5.74) is -0.105. The summed E-state index contributed by atoms with van der Waals surface area (Å²) in [4.78, 5) is 0. The Bertz CT molecular complexity index is 549. The first-order valence-electron chi connectivity index (χ1n) is 8.34. The van der Waals surface area contributed by atoms with Crippen molar-refractivity contribution >= 4 is 0 Å². The van der Waals surface area contributed by atoms with E-state index in [-0.39, 0.29) is 5.57 Å². The van der Waals surface area contributed by atoms with Crippen molar-refractivity contribution in [3.05, 3.63) is 41.5 Å². The van der Waals surface area contributed by atoms with Crippen LogP contribution in [0.25, 0.3) is 0 Å². The molecule has 24 heavy (non-hydrogen) atoms. The third-order valence-corrected chi connectivity index (χ3v) is 4.68. The highest BCUT2D eigenvalue weighted by atomic mass is 19.4. The van der Waals surface area contributed by atoms with Gasteiger partial charge in [-0.05, 0) is 55.2 Å². The lowest BCUT2D eigenvalue weighted by Crippen LogP contribution is -2.31. The molecule has 0 saturated heterocycles. The Balaban J connectivity index is 1.78. The lowest BCUT2D eigenvalue weighted by Gasteiger charge is -2.36. The molecule has 5 heteroatoms. The highest BCUT2D eigenvalue weighted by Gasteiger charge is 2.45. The zero-order valence-electron chi connectivity index (χ0n) is 14.3. The summed E-state index contributed by atoms with van der Waals surface area (Å²) in [6.07, 6.45) is 0.222. The Morgan fingerprint density at radius 3 is 2.50 bits per heavy atom. The number of rotatable bonds is 7. The molecule has 2 nitrogen and oxygen atoms in total. The Morgan fingerprint density at radius 2 is 1.88 bits per heavy atom. The van der Waals surface area contributed by atoms with Crippen molar-refractivity contribution < 1.29 is 22.6 Å². The minimum Gasteiger partial charge on any atom is -0.497 e. The summed E-state index contributed by atoms with van der Waals surface area (Å²) >= 11 is 0. The third-order valence-electron chi connectivity index (χ3n) is 4.68. The van der Waals surface area contributed by atoms with E-state index >= 15 is 0 Å². The molecule has 0 fully saturated rings. The van der Waals surface area contributed by atoms with Gasteiger partial charge in [0.05, 0.1) is 13.7 Å². The first-order valence-corrected chi connectivity index (χ1v) is 8.34. The van der Waals surface area contributed by atoms with Gasteiger partial charge in [0.15, 0.2) is 0 Å². The highest BCUT2D eigenvalue weighted by molar-refractivity contribution is 5.26. The van der Waals surface area contributed by atoms with Crippen LogP contribution < -0.4 is 4.74 Å². The van der Waals surface area contributed by atoms with Gasteiger partial charge in [-0.25, -0.2) is 0 Å². The van der Waals surface area contributed by atoms with E-state index in [1.54, 1.807) is 14.0 Å². The van der Waals surface area contributed by atoms with Crippen LogP contribution in [0.5, 0.6) is 5.75 Å². The molecule has 0 unspecified atom stereocenters. The lowest BCUT2D eigenvalue weighted by molar-refractivity contribution is -0.109. The number of methoxy groups -OCH3 is 1. The molecule has 1 aromatic rings. The molecule has 0 heterocycles. The number of benzene rings is 1. The Labute approximate surface area is 141 Å². The van der Waals surface area contributed by atoms with E-state index in [2.05, 4.69) is 0 Å². The Kier molecular flexibility index (Phi) is 6.33. The van der Waals surface area contributed by atoms with Crippen LogP contribution in [0, 0.1) is 5.41 Å². The Hall–Kier alpha value is -1.49. The van der Waals surface area contributed by atoms with E-state index in [4.69, 9.17) is 9.47 Å². The molecule has 0 saturated carbocycles. The first kappa shape index (κ1) is 18.8. The SMILES string of the molecule is COc1ccc(COCCC[C@]2(C)CCCC=C2C(F)(F)F)cc1. The van der Waals surface area contributed by atoms with Crippen molar-refractivity contribution in [2.45, 2.75) is 51.8 Å². The minimum absolute atomic E-state index is 0.351. The molecule has 0 aliphatic heterocycles. The van der Waals surface area contributed by atoms with E-state index < -0.39 is 11.6 Å². The molecule has 1 aromatic carbocycles. The monoisotopic (exact) mass is 342 g/mol. The lowest BCUT2D eigenvalue weighted by atomic mass is 9.71. The molecule has 0 N–H and O–H groups in total. The van der Waals surface area contributed by atoms with Gasteiger partial charge in [0.2, 0.25) is 0 Å². The van der Waals surface area contributed by atoms with Crippen LogP contribution in [0.1, 0.15) is 44.6 Å². The van der Waals surface area contributed by atoms with E-state index in [0.29, 0.717) is 38.9 Å². The number of hydrogen-bond donors (Lipinski definition) is 0. The second-order valence-corrected chi connectivity index (χ2v) is 6.57. The maximum atomic E-state index is 13.2. The fourth-order valence-electron chi connectivity index (χ4n) is 3.31. The highest BCUT2D eigenvalue weighted by Crippen LogP contribution is 2.48. The number of hydrogen-bond acceptors (Lipinski definition) is 2. The van der Waals surface area contributed by atoms with Crippen molar-refractivity contribution in [1.82, 2.24) is 0 Å². The van der Waals surface area contributed by atoms with Gasteiger partial charge in [-0.2, -0.15) is 13.2 Å². The number of ether oxygens (including phenoxy) is 2. The van der Waals surface area contributed by atoms with Crippen LogP contribution in [0.15, 0.2) is 35.9 Å². The fraction of sp³-hybridized carbons (Fsp3) is 0.579. The van der Waals surface area contributed by atoms with Crippen LogP contribution in [0.4, 0.5) is 13.2 Å². The third kappa shape index (κ3) is 5.00. The van der Waals surface area contributed by atoms with E-state index in [1.165, 1.54) is 6.08 Å². The van der Waals surface area contributed by atoms with Gasteiger partial charge in [0, 0.05) is 12.2 Å². The quantitative estimate of drug-likeness (QED) is 0.469. The number of alkyl halides is 3. The topological polar surface area (TPSA) is 18.5 Å². The van der Waals surface area contributed by atoms with Gasteiger partial charge in [-0.3, -0.25) is 0 Å². The molecule has 0 bridgehead atoms. The predicted octanol–water partition coefficient (Wildman–Crippen LogP) is 5.67. The molecule has 0 aromatic heterocycles. The number of allylic oxidation sites excluding steroid dienone is 2. The molecule has 1 atom stereocenters. The molecule has 1 aliphatic carbocycles. The van der Waals surface area contributed by atoms with Crippen LogP contribution in [0.3, 0.4) is 0 Å². The standard InChI is InChI=1S/C19H25F3O2/c1-18(11-4-3-6-17(18)19(20,21)22)12-5-13-24-14-15-7-9-16(23-2)10-8-15/h6-10H,3-5,11-14H2,1-2H3/t18-/m0/s1. The van der Waals surface area contributed by atoms with Crippen molar-refractivity contribution in [2.24, 2.45) is 5.41 Å². The maximum Gasteiger partial charge on any atom is 0.412 e. The average Bonchev–Trinajstić information content (AvgIpc) is 2.54. The van der Waals surface area contributed by atoms with Gasteiger partial charge in [-0.1, -0.05) is 25.1 Å². The first-order chi connectivity index (χ1) is 11.3. The van der Waals surface area contributed by atoms with Gasteiger partial charge in [0.25, 0.3) is 0 Å². The molecule has 134 valence electrons. The second kappa shape index (κ2) is 8.06. The normalized spacial score (nSPS) is 21.5. The predicted molar refractivity (Wildman–Crippen MR) is 88.0 cm³/mol. The molecular formula is C19H25F3O2. The number of halogens is 3. The molecule has 1 aliphatic rings. The summed E-state index contributed by atoms with van der Waals surface area (Å²) in [5.74, 6) is 0.787. The van der Waals surface area contributed by atoms with Crippen LogP contribution in [-0.2, 0) is 11.3 Å². The molecule has 0 radical (unpaired) electrons. The van der Waals surface area contributed by atoms with Gasteiger partial charge in [-0.15, -0.1) is 0 Å². The summed E-state index contributed by atoms with van der Waals surface area (Å²) < 4.78 is 50.3. The summed E-state index contributed by atoms with van der Waals surface area (Å²) in [6.45, 7) is 2.66. The van der Waals surface area contributed by atoms with Crippen molar-refractivity contribution in [3.8, 4) is 5.75 Å². The van der Waals surface area contributed by atoms with Crippen molar-refractivity contribution in [3.63, 3.8) is 0 Å². The van der Waals surface area contributed by atoms with E-state index in [9.17, 15) is 13.2 Å². The second-order valence-electron chi connectivity index (χ2n) is 6.57. The largest absolute Gasteiger partial charge is 0.497 e. The summed E-state index contributed by atoms with van der Waals surface area (Å²) in [5, 5.41) is 0. The van der Waals surface area contributed by atoms with Gasteiger partial charge >= 0.3 is 6.18 Å². The van der Waals surface area contributed by atoms with Crippen molar-refractivity contribution in [1.29, 1.82) is 0 Å². The molecule has 2 rings (SSSR count).